The minimum atomic E-state index is -0.563. The van der Waals surface area contributed by atoms with Crippen LogP contribution in [0.1, 0.15) is 43.5 Å². The van der Waals surface area contributed by atoms with Crippen LogP contribution in [-0.4, -0.2) is 24.3 Å². The van der Waals surface area contributed by atoms with Gasteiger partial charge in [-0.3, -0.25) is 14.4 Å². The van der Waals surface area contributed by atoms with E-state index in [2.05, 4.69) is 5.32 Å². The summed E-state index contributed by atoms with van der Waals surface area (Å²) in [5, 5.41) is 2.69. The van der Waals surface area contributed by atoms with Crippen LogP contribution in [0, 0.1) is 0 Å². The fourth-order valence-electron chi connectivity index (χ4n) is 1.71. The molecule has 0 saturated heterocycles. The maximum absolute atomic E-state index is 12.0. The molecule has 0 fully saturated rings. The molecule has 108 valence electrons. The molecule has 20 heavy (non-hydrogen) atoms. The van der Waals surface area contributed by atoms with Crippen LogP contribution in [0.3, 0.4) is 0 Å². The van der Waals surface area contributed by atoms with Crippen molar-refractivity contribution in [2.24, 2.45) is 0 Å². The summed E-state index contributed by atoms with van der Waals surface area (Å²) in [6.45, 7) is 3.82. The number of rotatable bonds is 7. The Kier molecular flexibility index (Phi) is 6.43. The third kappa shape index (κ3) is 4.84. The summed E-state index contributed by atoms with van der Waals surface area (Å²) < 4.78 is 4.75. The molecule has 0 aliphatic carbocycles. The lowest BCUT2D eigenvalue weighted by atomic mass is 10.1. The SMILES string of the molecule is CCCC(=O)Nc1ccccc1C(=O)CC(=O)OCC. The zero-order valence-corrected chi connectivity index (χ0v) is 11.8. The third-order valence-corrected chi connectivity index (χ3v) is 2.59. The van der Waals surface area contributed by atoms with Gasteiger partial charge in [-0.15, -0.1) is 0 Å². The van der Waals surface area contributed by atoms with Crippen molar-refractivity contribution in [1.82, 2.24) is 0 Å². The van der Waals surface area contributed by atoms with Gasteiger partial charge in [-0.25, -0.2) is 0 Å². The third-order valence-electron chi connectivity index (χ3n) is 2.59. The number of Topliss-reactive ketones (excluding diaryl/α,β-unsaturated/α-hetero) is 1. The minimum Gasteiger partial charge on any atom is -0.466 e. The van der Waals surface area contributed by atoms with E-state index in [9.17, 15) is 14.4 Å². The van der Waals surface area contributed by atoms with E-state index >= 15 is 0 Å². The normalized spacial score (nSPS) is 9.90. The number of carbonyl (C=O) groups is 3. The molecule has 5 heteroatoms. The first-order valence-electron chi connectivity index (χ1n) is 6.66. The second-order valence-corrected chi connectivity index (χ2v) is 4.25. The van der Waals surface area contributed by atoms with Gasteiger partial charge in [-0.05, 0) is 25.5 Å². The van der Waals surface area contributed by atoms with Crippen LogP contribution in [0.5, 0.6) is 0 Å². The molecule has 1 N–H and O–H groups in total. The van der Waals surface area contributed by atoms with Gasteiger partial charge in [0.15, 0.2) is 5.78 Å². The molecular formula is C15H19NO4. The van der Waals surface area contributed by atoms with Crippen LogP contribution in [0.4, 0.5) is 5.69 Å². The lowest BCUT2D eigenvalue weighted by Gasteiger charge is -2.09. The molecule has 0 heterocycles. The molecule has 0 spiro atoms. The topological polar surface area (TPSA) is 72.5 Å². The second-order valence-electron chi connectivity index (χ2n) is 4.25. The average Bonchev–Trinajstić information content (AvgIpc) is 2.39. The summed E-state index contributed by atoms with van der Waals surface area (Å²) in [5.74, 6) is -1.08. The van der Waals surface area contributed by atoms with Crippen LogP contribution in [-0.2, 0) is 14.3 Å². The lowest BCUT2D eigenvalue weighted by Crippen LogP contribution is -2.16. The molecule has 0 radical (unpaired) electrons. The zero-order valence-electron chi connectivity index (χ0n) is 11.8. The lowest BCUT2D eigenvalue weighted by molar-refractivity contribution is -0.141. The fraction of sp³-hybridized carbons (Fsp3) is 0.400. The Labute approximate surface area is 118 Å². The average molecular weight is 277 g/mol. The van der Waals surface area contributed by atoms with Crippen molar-refractivity contribution in [3.63, 3.8) is 0 Å². The molecule has 0 saturated carbocycles. The number of hydrogen-bond donors (Lipinski definition) is 1. The monoisotopic (exact) mass is 277 g/mol. The van der Waals surface area contributed by atoms with Crippen molar-refractivity contribution in [3.05, 3.63) is 29.8 Å². The first-order chi connectivity index (χ1) is 9.58. The predicted molar refractivity (Wildman–Crippen MR) is 75.6 cm³/mol. The minimum absolute atomic E-state index is 0.149. The Balaban J connectivity index is 2.81. The van der Waals surface area contributed by atoms with Crippen molar-refractivity contribution in [3.8, 4) is 0 Å². The van der Waals surface area contributed by atoms with E-state index in [4.69, 9.17) is 4.74 Å². The van der Waals surface area contributed by atoms with Crippen LogP contribution in [0.15, 0.2) is 24.3 Å². The molecule has 0 atom stereocenters. The molecule has 1 amide bonds. The summed E-state index contributed by atoms with van der Waals surface area (Å²) in [5.41, 5.74) is 0.755. The van der Waals surface area contributed by atoms with E-state index in [1.807, 2.05) is 6.92 Å². The molecule has 1 aromatic carbocycles. The molecule has 0 aliphatic rings. The molecule has 5 nitrogen and oxygen atoms in total. The van der Waals surface area contributed by atoms with Crippen molar-refractivity contribution in [1.29, 1.82) is 0 Å². The van der Waals surface area contributed by atoms with E-state index in [-0.39, 0.29) is 24.7 Å². The zero-order chi connectivity index (χ0) is 15.0. The number of amides is 1. The van der Waals surface area contributed by atoms with Gasteiger partial charge >= 0.3 is 5.97 Å². The number of ketones is 1. The summed E-state index contributed by atoms with van der Waals surface area (Å²) in [7, 11) is 0. The van der Waals surface area contributed by atoms with Gasteiger partial charge in [-0.1, -0.05) is 19.1 Å². The highest BCUT2D eigenvalue weighted by Crippen LogP contribution is 2.17. The van der Waals surface area contributed by atoms with Crippen molar-refractivity contribution < 1.29 is 19.1 Å². The maximum atomic E-state index is 12.0. The summed E-state index contributed by atoms with van der Waals surface area (Å²) >= 11 is 0. The highest BCUT2D eigenvalue weighted by atomic mass is 16.5. The van der Waals surface area contributed by atoms with Crippen molar-refractivity contribution >= 4 is 23.3 Å². The number of ether oxygens (including phenoxy) is 1. The van der Waals surface area contributed by atoms with E-state index < -0.39 is 5.97 Å². The van der Waals surface area contributed by atoms with Crippen molar-refractivity contribution in [2.75, 3.05) is 11.9 Å². The van der Waals surface area contributed by atoms with Gasteiger partial charge in [0.25, 0.3) is 0 Å². The Bertz CT molecular complexity index is 496. The molecule has 0 aromatic heterocycles. The number of anilines is 1. The largest absolute Gasteiger partial charge is 0.466 e. The van der Waals surface area contributed by atoms with Crippen LogP contribution < -0.4 is 5.32 Å². The van der Waals surface area contributed by atoms with Gasteiger partial charge in [0, 0.05) is 12.0 Å². The summed E-state index contributed by atoms with van der Waals surface area (Å²) in [4.78, 5) is 35.0. The first kappa shape index (κ1) is 15.9. The second kappa shape index (κ2) is 8.09. The van der Waals surface area contributed by atoms with Gasteiger partial charge in [0.1, 0.15) is 6.42 Å². The number of carbonyl (C=O) groups excluding carboxylic acids is 3. The molecule has 1 aromatic rings. The van der Waals surface area contributed by atoms with Crippen LogP contribution in [0.25, 0.3) is 0 Å². The van der Waals surface area contributed by atoms with Crippen molar-refractivity contribution in [2.45, 2.75) is 33.1 Å². The molecule has 1 rings (SSSR count). The number of nitrogens with one attached hydrogen (secondary N) is 1. The summed E-state index contributed by atoms with van der Waals surface area (Å²) in [6.07, 6.45) is 0.791. The standard InChI is InChI=1S/C15H19NO4/c1-3-7-14(18)16-12-9-6-5-8-11(12)13(17)10-15(19)20-4-2/h5-6,8-9H,3-4,7,10H2,1-2H3,(H,16,18). The Morgan fingerprint density at radius 1 is 1.15 bits per heavy atom. The quantitative estimate of drug-likeness (QED) is 0.472. The molecule has 0 unspecified atom stereocenters. The Morgan fingerprint density at radius 2 is 1.85 bits per heavy atom. The Morgan fingerprint density at radius 3 is 2.50 bits per heavy atom. The highest BCUT2D eigenvalue weighted by molar-refractivity contribution is 6.10. The number of para-hydroxylation sites is 1. The number of esters is 1. The summed E-state index contributed by atoms with van der Waals surface area (Å²) in [6, 6.07) is 6.64. The van der Waals surface area contributed by atoms with Gasteiger partial charge in [0.05, 0.1) is 12.3 Å². The van der Waals surface area contributed by atoms with E-state index in [0.717, 1.165) is 6.42 Å². The van der Waals surface area contributed by atoms with Gasteiger partial charge in [0.2, 0.25) is 5.91 Å². The molecule has 0 bridgehead atoms. The molecule has 0 aliphatic heterocycles. The van der Waals surface area contributed by atoms with Gasteiger partial charge in [-0.2, -0.15) is 0 Å². The Hall–Kier alpha value is -2.17. The smallest absolute Gasteiger partial charge is 0.313 e. The number of benzene rings is 1. The predicted octanol–water partition coefficient (Wildman–Crippen LogP) is 2.56. The number of hydrogen-bond acceptors (Lipinski definition) is 4. The molecular weight excluding hydrogens is 258 g/mol. The first-order valence-corrected chi connectivity index (χ1v) is 6.66. The highest BCUT2D eigenvalue weighted by Gasteiger charge is 2.16. The van der Waals surface area contributed by atoms with E-state index in [0.29, 0.717) is 17.7 Å². The van der Waals surface area contributed by atoms with Crippen LogP contribution in [0.2, 0.25) is 0 Å². The van der Waals surface area contributed by atoms with E-state index in [1.165, 1.54) is 0 Å². The van der Waals surface area contributed by atoms with Crippen LogP contribution >= 0.6 is 0 Å². The maximum Gasteiger partial charge on any atom is 0.313 e. The fourth-order valence-corrected chi connectivity index (χ4v) is 1.71. The van der Waals surface area contributed by atoms with Gasteiger partial charge < -0.3 is 10.1 Å². The van der Waals surface area contributed by atoms with E-state index in [1.54, 1.807) is 31.2 Å².